The normalized spacial score (nSPS) is 10.6. The Morgan fingerprint density at radius 2 is 1.76 bits per heavy atom. The zero-order valence-corrected chi connectivity index (χ0v) is 20.4. The molecule has 0 unspecified atom stereocenters. The van der Waals surface area contributed by atoms with Gasteiger partial charge in [-0.15, -0.1) is 10.2 Å². The van der Waals surface area contributed by atoms with Crippen LogP contribution in [0.3, 0.4) is 0 Å². The molecular weight excluding hydrogens is 499 g/mol. The number of carbonyl (C=O) groups is 2. The van der Waals surface area contributed by atoms with Gasteiger partial charge in [0.15, 0.2) is 11.0 Å². The smallest absolute Gasteiger partial charge is 0.273 e. The van der Waals surface area contributed by atoms with Crippen molar-refractivity contribution in [1.82, 2.24) is 20.1 Å². The van der Waals surface area contributed by atoms with E-state index in [1.54, 1.807) is 10.6 Å². The first kappa shape index (κ1) is 25.5. The lowest BCUT2D eigenvalue weighted by Crippen LogP contribution is -2.25. The molecule has 0 fully saturated rings. The molecule has 0 bridgehead atoms. The predicted octanol–water partition coefficient (Wildman–Crippen LogP) is 4.28. The third kappa shape index (κ3) is 5.98. The lowest BCUT2D eigenvalue weighted by atomic mass is 10.1. The van der Waals surface area contributed by atoms with Gasteiger partial charge in [-0.05, 0) is 37.3 Å². The first-order valence-electron chi connectivity index (χ1n) is 11.0. The molecule has 0 saturated heterocycles. The number of nitro benzene ring substituents is 1. The number of carbonyl (C=O) groups excluding carboxylic acids is 2. The summed E-state index contributed by atoms with van der Waals surface area (Å²) in [4.78, 5) is 35.9. The molecule has 4 rings (SSSR count). The van der Waals surface area contributed by atoms with Gasteiger partial charge < -0.3 is 10.6 Å². The molecule has 0 aliphatic heterocycles. The van der Waals surface area contributed by atoms with E-state index in [9.17, 15) is 24.1 Å². The van der Waals surface area contributed by atoms with Crippen LogP contribution in [-0.2, 0) is 11.3 Å². The lowest BCUT2D eigenvalue weighted by Gasteiger charge is -2.12. The van der Waals surface area contributed by atoms with Crippen LogP contribution in [0.2, 0.25) is 0 Å². The molecular formula is C25H21FN6O4S. The molecule has 0 aliphatic carbocycles. The molecule has 1 heterocycles. The summed E-state index contributed by atoms with van der Waals surface area (Å²) < 4.78 is 15.5. The highest BCUT2D eigenvalue weighted by Gasteiger charge is 2.20. The average molecular weight is 521 g/mol. The van der Waals surface area contributed by atoms with Crippen molar-refractivity contribution in [3.8, 4) is 5.69 Å². The number of rotatable bonds is 9. The molecule has 0 aliphatic rings. The molecule has 2 amide bonds. The Kier molecular flexibility index (Phi) is 7.89. The predicted molar refractivity (Wildman–Crippen MR) is 136 cm³/mol. The summed E-state index contributed by atoms with van der Waals surface area (Å²) in [6.45, 7) is 1.49. The number of aromatic nitrogens is 3. The number of halogens is 1. The van der Waals surface area contributed by atoms with E-state index in [0.29, 0.717) is 16.7 Å². The first-order valence-corrected chi connectivity index (χ1v) is 12.0. The van der Waals surface area contributed by atoms with Crippen molar-refractivity contribution in [3.63, 3.8) is 0 Å². The van der Waals surface area contributed by atoms with Crippen LogP contribution in [0.15, 0.2) is 78.0 Å². The molecule has 10 nitrogen and oxygen atoms in total. The number of nitrogens with one attached hydrogen (secondary N) is 2. The van der Waals surface area contributed by atoms with Gasteiger partial charge in [-0.25, -0.2) is 4.39 Å². The maximum absolute atomic E-state index is 13.8. The summed E-state index contributed by atoms with van der Waals surface area (Å²) >= 11 is 1.10. The van der Waals surface area contributed by atoms with Crippen LogP contribution < -0.4 is 10.6 Å². The minimum Gasteiger partial charge on any atom is -0.345 e. The summed E-state index contributed by atoms with van der Waals surface area (Å²) in [5, 5.41) is 25.2. The minimum atomic E-state index is -0.538. The summed E-state index contributed by atoms with van der Waals surface area (Å²) in [5.74, 6) is -1.13. The van der Waals surface area contributed by atoms with Crippen LogP contribution in [0.5, 0.6) is 0 Å². The number of amides is 2. The van der Waals surface area contributed by atoms with Crippen molar-refractivity contribution >= 4 is 35.0 Å². The zero-order chi connectivity index (χ0) is 26.4. The second-order valence-electron chi connectivity index (χ2n) is 7.78. The topological polar surface area (TPSA) is 132 Å². The second-order valence-corrected chi connectivity index (χ2v) is 8.72. The quantitative estimate of drug-likeness (QED) is 0.191. The van der Waals surface area contributed by atoms with Crippen LogP contribution in [0.4, 0.5) is 15.8 Å². The van der Waals surface area contributed by atoms with Gasteiger partial charge in [0.25, 0.3) is 11.6 Å². The van der Waals surface area contributed by atoms with Gasteiger partial charge in [0.2, 0.25) is 5.91 Å². The van der Waals surface area contributed by atoms with Crippen molar-refractivity contribution in [2.24, 2.45) is 0 Å². The van der Waals surface area contributed by atoms with Crippen LogP contribution in [-0.4, -0.2) is 37.3 Å². The maximum Gasteiger partial charge on any atom is 0.273 e. The maximum atomic E-state index is 13.8. The van der Waals surface area contributed by atoms with Crippen LogP contribution in [0, 0.1) is 22.9 Å². The molecule has 188 valence electrons. The van der Waals surface area contributed by atoms with Crippen molar-refractivity contribution < 1.29 is 18.9 Å². The molecule has 0 radical (unpaired) electrons. The van der Waals surface area contributed by atoms with Crippen molar-refractivity contribution in [2.45, 2.75) is 18.6 Å². The second kappa shape index (κ2) is 11.4. The van der Waals surface area contributed by atoms with Crippen molar-refractivity contribution in [1.29, 1.82) is 0 Å². The molecule has 3 aromatic carbocycles. The van der Waals surface area contributed by atoms with Gasteiger partial charge >= 0.3 is 0 Å². The van der Waals surface area contributed by atoms with Gasteiger partial charge in [0, 0.05) is 22.9 Å². The highest BCUT2D eigenvalue weighted by Crippen LogP contribution is 2.24. The molecule has 4 aromatic rings. The summed E-state index contributed by atoms with van der Waals surface area (Å²) in [5.41, 5.74) is 1.08. The molecule has 0 saturated carbocycles. The summed E-state index contributed by atoms with van der Waals surface area (Å²) in [7, 11) is 0. The fraction of sp³-hybridized carbons (Fsp3) is 0.120. The Bertz CT molecular complexity index is 1460. The van der Waals surface area contributed by atoms with E-state index in [1.165, 1.54) is 43.3 Å². The van der Waals surface area contributed by atoms with E-state index in [-0.39, 0.29) is 34.8 Å². The Morgan fingerprint density at radius 3 is 2.49 bits per heavy atom. The summed E-state index contributed by atoms with van der Waals surface area (Å²) in [6, 6.07) is 19.3. The van der Waals surface area contributed by atoms with E-state index in [1.807, 2.05) is 30.3 Å². The van der Waals surface area contributed by atoms with E-state index < -0.39 is 22.6 Å². The van der Waals surface area contributed by atoms with Gasteiger partial charge in [0.1, 0.15) is 5.82 Å². The molecule has 1 aromatic heterocycles. The third-order valence-electron chi connectivity index (χ3n) is 5.35. The number of nitro groups is 1. The lowest BCUT2D eigenvalue weighted by molar-refractivity contribution is -0.385. The number of anilines is 1. The number of thioether (sulfide) groups is 1. The van der Waals surface area contributed by atoms with Gasteiger partial charge in [-0.2, -0.15) is 0 Å². The monoisotopic (exact) mass is 520 g/mol. The highest BCUT2D eigenvalue weighted by atomic mass is 32.2. The SMILES string of the molecule is Cc1c(C(=O)NCc2nnc(SCC(=O)Nc3ccccc3F)n2-c2ccccc2)cccc1[N+](=O)[O-]. The Hall–Kier alpha value is -4.58. The fourth-order valence-electron chi connectivity index (χ4n) is 3.55. The number of hydrogen-bond donors (Lipinski definition) is 2. The molecule has 2 N–H and O–H groups in total. The van der Waals surface area contributed by atoms with Crippen molar-refractivity contribution in [2.75, 3.05) is 11.1 Å². The highest BCUT2D eigenvalue weighted by molar-refractivity contribution is 7.99. The number of benzene rings is 3. The number of para-hydroxylation sites is 2. The number of nitrogens with zero attached hydrogens (tertiary/aromatic N) is 4. The molecule has 0 spiro atoms. The van der Waals surface area contributed by atoms with E-state index in [2.05, 4.69) is 20.8 Å². The fourth-order valence-corrected chi connectivity index (χ4v) is 4.32. The number of hydrogen-bond acceptors (Lipinski definition) is 7. The molecule has 12 heteroatoms. The van der Waals surface area contributed by atoms with Gasteiger partial charge in [-0.1, -0.05) is 48.2 Å². The standard InChI is InChI=1S/C25H21FN6O4S/c1-16-18(10-7-13-21(16)32(35)36)24(34)27-14-22-29-30-25(31(22)17-8-3-2-4-9-17)37-15-23(33)28-20-12-6-5-11-19(20)26/h2-13H,14-15H2,1H3,(H,27,34)(H,28,33). The third-order valence-corrected chi connectivity index (χ3v) is 6.28. The van der Waals surface area contributed by atoms with Crippen molar-refractivity contribution in [3.05, 3.63) is 106 Å². The Morgan fingerprint density at radius 1 is 1.03 bits per heavy atom. The van der Waals surface area contributed by atoms with Crippen LogP contribution in [0.1, 0.15) is 21.7 Å². The summed E-state index contributed by atoms with van der Waals surface area (Å²) in [6.07, 6.45) is 0. The van der Waals surface area contributed by atoms with Crippen LogP contribution >= 0.6 is 11.8 Å². The molecule has 0 atom stereocenters. The average Bonchev–Trinajstić information content (AvgIpc) is 3.30. The van der Waals surface area contributed by atoms with Gasteiger partial charge in [0.05, 0.1) is 22.9 Å². The minimum absolute atomic E-state index is 0.0230. The van der Waals surface area contributed by atoms with E-state index in [0.717, 1.165) is 11.8 Å². The molecule has 37 heavy (non-hydrogen) atoms. The van der Waals surface area contributed by atoms with E-state index >= 15 is 0 Å². The Labute approximate surface area is 215 Å². The Balaban J connectivity index is 1.51. The van der Waals surface area contributed by atoms with Gasteiger partial charge in [-0.3, -0.25) is 24.3 Å². The van der Waals surface area contributed by atoms with E-state index in [4.69, 9.17) is 0 Å². The zero-order valence-electron chi connectivity index (χ0n) is 19.6. The first-order chi connectivity index (χ1) is 17.8. The van der Waals surface area contributed by atoms with Crippen LogP contribution in [0.25, 0.3) is 5.69 Å². The largest absolute Gasteiger partial charge is 0.345 e.